The maximum absolute atomic E-state index is 6.78. The molecular weight excluding hydrogens is 769 g/mol. The molecule has 63 heavy (non-hydrogen) atoms. The van der Waals surface area contributed by atoms with Gasteiger partial charge in [0, 0.05) is 55.2 Å². The van der Waals surface area contributed by atoms with E-state index in [0.717, 1.165) is 111 Å². The van der Waals surface area contributed by atoms with E-state index in [4.69, 9.17) is 14.4 Å². The topological polar surface area (TPSA) is 59.6 Å². The van der Waals surface area contributed by atoms with Crippen molar-refractivity contribution in [2.24, 2.45) is 0 Å². The Hall–Kier alpha value is -8.54. The molecule has 5 nitrogen and oxygen atoms in total. The van der Waals surface area contributed by atoms with Crippen molar-refractivity contribution in [2.45, 2.75) is 0 Å². The van der Waals surface area contributed by atoms with E-state index in [1.54, 1.807) is 0 Å². The second-order valence-electron chi connectivity index (χ2n) is 16.3. The summed E-state index contributed by atoms with van der Waals surface area (Å²) in [5.74, 6) is 0. The molecule has 294 valence electrons. The standard InChI is InChI=1S/C58H36N4O/c1-4-15-36(16-5-1)39-26-27-50-46(29-39)47-30-40(37-17-6-2-7-18-37)31-49(56(47)61-50)52-34-41(38-19-8-3-9-20-38)33-51(60-52)42-32-48-44-22-11-13-25-55(44)63-57(48)54(35-42)62-53-24-12-10-21-43(53)45-23-14-28-59-58(45)62/h1-35,61H. The van der Waals surface area contributed by atoms with E-state index >= 15 is 0 Å². The van der Waals surface area contributed by atoms with Crippen LogP contribution in [0.3, 0.4) is 0 Å². The van der Waals surface area contributed by atoms with Gasteiger partial charge in [-0.3, -0.25) is 4.57 Å². The average molecular weight is 805 g/mol. The van der Waals surface area contributed by atoms with E-state index in [1.807, 2.05) is 24.4 Å². The average Bonchev–Trinajstić information content (AvgIpc) is 4.04. The molecular formula is C58H36N4O. The fourth-order valence-corrected chi connectivity index (χ4v) is 9.59. The van der Waals surface area contributed by atoms with Gasteiger partial charge in [0.25, 0.3) is 0 Å². The first-order chi connectivity index (χ1) is 31.2. The van der Waals surface area contributed by atoms with Crippen LogP contribution in [0.1, 0.15) is 0 Å². The molecule has 0 saturated heterocycles. The lowest BCUT2D eigenvalue weighted by Crippen LogP contribution is -1.98. The number of hydrogen-bond donors (Lipinski definition) is 1. The Morgan fingerprint density at radius 3 is 1.81 bits per heavy atom. The van der Waals surface area contributed by atoms with Crippen LogP contribution in [0.5, 0.6) is 0 Å². The third-order valence-corrected chi connectivity index (χ3v) is 12.6. The second-order valence-corrected chi connectivity index (χ2v) is 16.3. The molecule has 0 amide bonds. The van der Waals surface area contributed by atoms with Crippen molar-refractivity contribution in [2.75, 3.05) is 0 Å². The fraction of sp³-hybridized carbons (Fsp3) is 0. The predicted octanol–water partition coefficient (Wildman–Crippen LogP) is 15.4. The van der Waals surface area contributed by atoms with Crippen LogP contribution in [0.15, 0.2) is 217 Å². The lowest BCUT2D eigenvalue weighted by molar-refractivity contribution is 0.666. The summed E-state index contributed by atoms with van der Waals surface area (Å²) in [4.78, 5) is 14.5. The van der Waals surface area contributed by atoms with Crippen molar-refractivity contribution in [3.8, 4) is 61.6 Å². The highest BCUT2D eigenvalue weighted by molar-refractivity contribution is 6.15. The number of benzene rings is 8. The molecule has 0 radical (unpaired) electrons. The maximum atomic E-state index is 6.78. The van der Waals surface area contributed by atoms with Crippen molar-refractivity contribution in [3.63, 3.8) is 0 Å². The van der Waals surface area contributed by atoms with Crippen molar-refractivity contribution in [3.05, 3.63) is 212 Å². The number of nitrogens with one attached hydrogen (secondary N) is 1. The Balaban J connectivity index is 1.11. The molecule has 5 heteroatoms. The van der Waals surface area contributed by atoms with E-state index in [-0.39, 0.29) is 0 Å². The summed E-state index contributed by atoms with van der Waals surface area (Å²) in [6.07, 6.45) is 1.87. The van der Waals surface area contributed by atoms with Gasteiger partial charge in [0.15, 0.2) is 5.58 Å². The van der Waals surface area contributed by atoms with Crippen molar-refractivity contribution in [1.29, 1.82) is 0 Å². The molecule has 0 atom stereocenters. The van der Waals surface area contributed by atoms with Crippen LogP contribution >= 0.6 is 0 Å². The lowest BCUT2D eigenvalue weighted by atomic mass is 9.94. The highest BCUT2D eigenvalue weighted by Gasteiger charge is 2.22. The molecule has 0 fully saturated rings. The molecule has 13 aromatic rings. The highest BCUT2D eigenvalue weighted by atomic mass is 16.3. The number of rotatable bonds is 6. The minimum atomic E-state index is 0.804. The van der Waals surface area contributed by atoms with Crippen LogP contribution in [-0.4, -0.2) is 19.5 Å². The van der Waals surface area contributed by atoms with Gasteiger partial charge >= 0.3 is 0 Å². The molecule has 13 rings (SSSR count). The normalized spacial score (nSPS) is 11.8. The number of hydrogen-bond acceptors (Lipinski definition) is 3. The van der Waals surface area contributed by atoms with Crippen LogP contribution in [0, 0.1) is 0 Å². The Labute approximate surface area is 362 Å². The van der Waals surface area contributed by atoms with Gasteiger partial charge in [-0.25, -0.2) is 9.97 Å². The smallest absolute Gasteiger partial charge is 0.159 e. The predicted molar refractivity (Wildman–Crippen MR) is 260 cm³/mol. The third-order valence-electron chi connectivity index (χ3n) is 12.6. The first kappa shape index (κ1) is 35.2. The number of aromatic nitrogens is 4. The minimum absolute atomic E-state index is 0.804. The monoisotopic (exact) mass is 804 g/mol. The van der Waals surface area contributed by atoms with Crippen LogP contribution in [0.4, 0.5) is 0 Å². The Bertz CT molecular complexity index is 3850. The molecule has 0 unspecified atom stereocenters. The molecule has 5 aromatic heterocycles. The summed E-state index contributed by atoms with van der Waals surface area (Å²) >= 11 is 0. The van der Waals surface area contributed by atoms with Gasteiger partial charge in [-0.2, -0.15) is 0 Å². The van der Waals surface area contributed by atoms with Crippen LogP contribution in [0.2, 0.25) is 0 Å². The van der Waals surface area contributed by atoms with Gasteiger partial charge in [-0.15, -0.1) is 0 Å². The van der Waals surface area contributed by atoms with Crippen LogP contribution in [-0.2, 0) is 0 Å². The Kier molecular flexibility index (Phi) is 7.84. The summed E-state index contributed by atoms with van der Waals surface area (Å²) in [6, 6.07) is 73.1. The number of fused-ring (bicyclic) bond motifs is 9. The van der Waals surface area contributed by atoms with Gasteiger partial charge < -0.3 is 9.40 Å². The van der Waals surface area contributed by atoms with Gasteiger partial charge in [0.05, 0.1) is 28.1 Å². The summed E-state index contributed by atoms with van der Waals surface area (Å²) in [5.41, 5.74) is 17.2. The van der Waals surface area contributed by atoms with E-state index < -0.39 is 0 Å². The maximum Gasteiger partial charge on any atom is 0.159 e. The van der Waals surface area contributed by atoms with Crippen molar-refractivity contribution in [1.82, 2.24) is 19.5 Å². The first-order valence-corrected chi connectivity index (χ1v) is 21.3. The molecule has 0 aliphatic carbocycles. The first-order valence-electron chi connectivity index (χ1n) is 21.3. The van der Waals surface area contributed by atoms with Gasteiger partial charge in [0.2, 0.25) is 0 Å². The number of para-hydroxylation sites is 2. The minimum Gasteiger partial charge on any atom is -0.454 e. The zero-order valence-electron chi connectivity index (χ0n) is 34.0. The van der Waals surface area contributed by atoms with E-state index in [2.05, 4.69) is 198 Å². The number of pyridine rings is 2. The fourth-order valence-electron chi connectivity index (χ4n) is 9.59. The van der Waals surface area contributed by atoms with Gasteiger partial charge in [-0.1, -0.05) is 133 Å². The zero-order chi connectivity index (χ0) is 41.4. The van der Waals surface area contributed by atoms with Crippen LogP contribution < -0.4 is 0 Å². The summed E-state index contributed by atoms with van der Waals surface area (Å²) in [5, 5.41) is 6.62. The van der Waals surface area contributed by atoms with Crippen molar-refractivity contribution < 1.29 is 4.42 Å². The third kappa shape index (κ3) is 5.71. The molecule has 0 aliphatic rings. The molecule has 8 aromatic carbocycles. The molecule has 0 saturated carbocycles. The van der Waals surface area contributed by atoms with Gasteiger partial charge in [-0.05, 0) is 106 Å². The lowest BCUT2D eigenvalue weighted by Gasteiger charge is -2.14. The summed E-state index contributed by atoms with van der Waals surface area (Å²) in [6.45, 7) is 0. The number of furan rings is 1. The zero-order valence-corrected chi connectivity index (χ0v) is 34.0. The number of nitrogens with zero attached hydrogens (tertiary/aromatic N) is 3. The number of H-pyrrole nitrogens is 1. The van der Waals surface area contributed by atoms with E-state index in [9.17, 15) is 0 Å². The van der Waals surface area contributed by atoms with Gasteiger partial charge in [0.1, 0.15) is 11.2 Å². The number of aromatic amines is 1. The summed E-state index contributed by atoms with van der Waals surface area (Å²) < 4.78 is 9.03. The van der Waals surface area contributed by atoms with E-state index in [1.165, 1.54) is 16.5 Å². The molecule has 0 spiro atoms. The second kappa shape index (κ2) is 14.0. The largest absolute Gasteiger partial charge is 0.454 e. The summed E-state index contributed by atoms with van der Waals surface area (Å²) in [7, 11) is 0. The SMILES string of the molecule is c1ccc(-c2cc(-c3cc(-n4c5ccccc5c5cccnc54)c4oc5ccccc5c4c3)nc(-c3cc(-c4ccccc4)cc4c3[nH]c3ccc(-c5ccccc5)cc34)c2)cc1. The Morgan fingerprint density at radius 2 is 1.03 bits per heavy atom. The molecule has 0 bridgehead atoms. The van der Waals surface area contributed by atoms with E-state index in [0.29, 0.717) is 0 Å². The highest BCUT2D eigenvalue weighted by Crippen LogP contribution is 2.43. The molecule has 0 aliphatic heterocycles. The van der Waals surface area contributed by atoms with Crippen molar-refractivity contribution >= 4 is 65.7 Å². The Morgan fingerprint density at radius 1 is 0.413 bits per heavy atom. The molecule has 5 heterocycles. The van der Waals surface area contributed by atoms with Crippen LogP contribution in [0.25, 0.3) is 127 Å². The molecule has 1 N–H and O–H groups in total. The quantitative estimate of drug-likeness (QED) is 0.182.